The Balaban J connectivity index is 1.43. The Morgan fingerprint density at radius 1 is 0.917 bits per heavy atom. The summed E-state index contributed by atoms with van der Waals surface area (Å²) < 4.78 is 54.0. The molecule has 3 aromatic carbocycles. The van der Waals surface area contributed by atoms with Crippen LogP contribution in [0.3, 0.4) is 0 Å². The molecule has 36 heavy (non-hydrogen) atoms. The fourth-order valence-electron chi connectivity index (χ4n) is 8.63. The van der Waals surface area contributed by atoms with Crippen molar-refractivity contribution in [3.63, 3.8) is 0 Å². The molecule has 180 valence electrons. The molecular weight excluding hydrogens is 449 g/mol. The number of halogens is 2. The van der Waals surface area contributed by atoms with Crippen molar-refractivity contribution in [3.05, 3.63) is 65.2 Å². The fourth-order valence-corrected chi connectivity index (χ4v) is 8.63. The molecule has 0 aromatic heterocycles. The van der Waals surface area contributed by atoms with Gasteiger partial charge in [0.05, 0.1) is 1.37 Å². The van der Waals surface area contributed by atoms with Crippen LogP contribution in [0.5, 0.6) is 0 Å². The maximum absolute atomic E-state index is 17.4. The SMILES string of the molecule is [2H]C12CCCCC1([2H])N1c3cccc4c3B(c3cccc2c31)c1cc(C)cc2c1N4C1(F)CCCCC21F. The molecule has 2 saturated carbocycles. The van der Waals surface area contributed by atoms with Gasteiger partial charge in [0, 0.05) is 48.0 Å². The fraction of sp³-hybridized carbons (Fsp3) is 0.419. The Bertz CT molecular complexity index is 1600. The van der Waals surface area contributed by atoms with Crippen LogP contribution in [0.4, 0.5) is 31.5 Å². The molecule has 0 bridgehead atoms. The molecule has 2 nitrogen and oxygen atoms in total. The predicted molar refractivity (Wildman–Crippen MR) is 143 cm³/mol. The van der Waals surface area contributed by atoms with Crippen molar-refractivity contribution in [3.8, 4) is 0 Å². The summed E-state index contributed by atoms with van der Waals surface area (Å²) in [7, 11) is 0. The summed E-state index contributed by atoms with van der Waals surface area (Å²) in [6, 6.07) is 15.0. The molecule has 4 aliphatic heterocycles. The highest BCUT2D eigenvalue weighted by Crippen LogP contribution is 2.63. The minimum Gasteiger partial charge on any atom is -0.338 e. The molecule has 0 radical (unpaired) electrons. The Labute approximate surface area is 214 Å². The maximum Gasteiger partial charge on any atom is 0.252 e. The molecule has 5 heteroatoms. The molecule has 0 saturated heterocycles. The van der Waals surface area contributed by atoms with Crippen molar-refractivity contribution in [2.45, 2.75) is 81.7 Å². The van der Waals surface area contributed by atoms with Gasteiger partial charge in [0.25, 0.3) is 6.71 Å². The van der Waals surface area contributed by atoms with E-state index in [1.54, 1.807) is 4.90 Å². The van der Waals surface area contributed by atoms with E-state index in [2.05, 4.69) is 23.1 Å². The second kappa shape index (κ2) is 6.35. The van der Waals surface area contributed by atoms with E-state index in [9.17, 15) is 2.74 Å². The van der Waals surface area contributed by atoms with Crippen LogP contribution in [0.2, 0.25) is 0 Å². The van der Waals surface area contributed by atoms with Crippen molar-refractivity contribution < 1.29 is 11.5 Å². The Kier molecular flexibility index (Phi) is 3.25. The highest BCUT2D eigenvalue weighted by atomic mass is 19.2. The van der Waals surface area contributed by atoms with Gasteiger partial charge in [-0.2, -0.15) is 0 Å². The van der Waals surface area contributed by atoms with Gasteiger partial charge in [-0.05, 0) is 73.1 Å². The first-order chi connectivity index (χ1) is 18.2. The van der Waals surface area contributed by atoms with Gasteiger partial charge in [-0.15, -0.1) is 0 Å². The van der Waals surface area contributed by atoms with Gasteiger partial charge in [0.15, 0.2) is 5.67 Å². The smallest absolute Gasteiger partial charge is 0.252 e. The molecular formula is C31H29BF2N2. The van der Waals surface area contributed by atoms with E-state index >= 15 is 8.78 Å². The summed E-state index contributed by atoms with van der Waals surface area (Å²) in [4.78, 5) is 3.83. The summed E-state index contributed by atoms with van der Waals surface area (Å²) in [5.41, 5.74) is 6.65. The van der Waals surface area contributed by atoms with E-state index in [4.69, 9.17) is 0 Å². The van der Waals surface area contributed by atoms with Crippen LogP contribution in [0.1, 0.15) is 76.7 Å². The van der Waals surface area contributed by atoms with Crippen molar-refractivity contribution in [1.82, 2.24) is 0 Å². The molecule has 6 aliphatic rings. The number of nitrogens with zero attached hydrogens (tertiary/aromatic N) is 2. The Hall–Kier alpha value is -2.82. The van der Waals surface area contributed by atoms with E-state index in [1.165, 1.54) is 0 Å². The van der Waals surface area contributed by atoms with Gasteiger partial charge in [0.2, 0.25) is 5.79 Å². The lowest BCUT2D eigenvalue weighted by molar-refractivity contribution is -0.0615. The topological polar surface area (TPSA) is 6.48 Å². The van der Waals surface area contributed by atoms with Gasteiger partial charge in [-0.3, -0.25) is 0 Å². The summed E-state index contributed by atoms with van der Waals surface area (Å²) in [5.74, 6) is -3.16. The van der Waals surface area contributed by atoms with E-state index in [0.29, 0.717) is 36.9 Å². The lowest BCUT2D eigenvalue weighted by Crippen LogP contribution is -2.64. The van der Waals surface area contributed by atoms with Crippen molar-refractivity contribution >= 4 is 45.9 Å². The highest BCUT2D eigenvalue weighted by Gasteiger charge is 2.68. The number of hydrogen-bond acceptors (Lipinski definition) is 2. The lowest BCUT2D eigenvalue weighted by Gasteiger charge is -2.48. The van der Waals surface area contributed by atoms with Crippen LogP contribution >= 0.6 is 0 Å². The minimum atomic E-state index is -2.13. The minimum absolute atomic E-state index is 0.160. The number of aryl methyl sites for hydroxylation is 1. The van der Waals surface area contributed by atoms with E-state index in [1.807, 2.05) is 37.3 Å². The third-order valence-electron chi connectivity index (χ3n) is 9.95. The first-order valence-corrected chi connectivity index (χ1v) is 13.6. The van der Waals surface area contributed by atoms with Gasteiger partial charge in [-0.1, -0.05) is 54.8 Å². The van der Waals surface area contributed by atoms with Gasteiger partial charge >= 0.3 is 0 Å². The molecule has 3 aromatic rings. The molecule has 2 fully saturated rings. The highest BCUT2D eigenvalue weighted by molar-refractivity contribution is 7.00. The van der Waals surface area contributed by atoms with E-state index < -0.39 is 23.4 Å². The number of rotatable bonds is 0. The summed E-state index contributed by atoms with van der Waals surface area (Å²) in [6.07, 6.45) is 4.83. The van der Waals surface area contributed by atoms with E-state index in [-0.39, 0.29) is 19.6 Å². The second-order valence-corrected chi connectivity index (χ2v) is 11.7. The van der Waals surface area contributed by atoms with Crippen molar-refractivity contribution in [1.29, 1.82) is 0 Å². The number of fused-ring (bicyclic) bond motifs is 10. The second-order valence-electron chi connectivity index (χ2n) is 11.7. The first kappa shape index (κ1) is 18.4. The van der Waals surface area contributed by atoms with Crippen LogP contribution in [0, 0.1) is 6.92 Å². The number of alkyl halides is 2. The summed E-state index contributed by atoms with van der Waals surface area (Å²) >= 11 is 0. The standard InChI is InChI=1S/C31H29BF2N2/c1-18-16-21-29-23(17-18)32-22-10-6-9-20-19-8-2-3-11-24(19)35(28(20)22)25-12-7-13-26(27(25)32)36(29)31(34)15-5-4-14-30(21,31)33/h6-7,9-10,12-13,16-17,19,24H,2-5,8,11,14-15H2,1H3/i19D,24D. The number of anilines is 4. The maximum atomic E-state index is 17.4. The van der Waals surface area contributed by atoms with E-state index in [0.717, 1.165) is 57.4 Å². The average molecular weight is 480 g/mol. The average Bonchev–Trinajstić information content (AvgIpc) is 3.25. The number of hydrogen-bond donors (Lipinski definition) is 0. The largest absolute Gasteiger partial charge is 0.338 e. The molecule has 2 aliphatic carbocycles. The molecule has 9 rings (SSSR count). The normalized spacial score (nSPS) is 36.9. The Morgan fingerprint density at radius 2 is 1.72 bits per heavy atom. The number of benzene rings is 3. The van der Waals surface area contributed by atoms with Crippen LogP contribution in [-0.2, 0) is 5.67 Å². The van der Waals surface area contributed by atoms with Gasteiger partial charge in [0.1, 0.15) is 0 Å². The summed E-state index contributed by atoms with van der Waals surface area (Å²) in [6.45, 7) is 1.81. The third kappa shape index (κ3) is 2.03. The molecule has 0 spiro atoms. The molecule has 0 N–H and O–H groups in total. The van der Waals surface area contributed by atoms with Crippen molar-refractivity contribution in [2.24, 2.45) is 0 Å². The van der Waals surface area contributed by atoms with Crippen LogP contribution in [-0.4, -0.2) is 18.5 Å². The monoisotopic (exact) mass is 480 g/mol. The summed E-state index contributed by atoms with van der Waals surface area (Å²) in [5, 5.41) is 0. The molecule has 0 amide bonds. The molecule has 4 unspecified atom stereocenters. The van der Waals surface area contributed by atoms with Crippen LogP contribution < -0.4 is 26.2 Å². The first-order valence-electron chi connectivity index (χ1n) is 14.6. The zero-order chi connectivity index (χ0) is 25.8. The van der Waals surface area contributed by atoms with Crippen molar-refractivity contribution in [2.75, 3.05) is 9.80 Å². The van der Waals surface area contributed by atoms with Gasteiger partial charge in [-0.25, -0.2) is 8.78 Å². The Morgan fingerprint density at radius 3 is 2.64 bits per heavy atom. The zero-order valence-corrected chi connectivity index (χ0v) is 20.5. The predicted octanol–water partition coefficient (Wildman–Crippen LogP) is 5.87. The van der Waals surface area contributed by atoms with Crippen LogP contribution in [0.15, 0.2) is 48.5 Å². The van der Waals surface area contributed by atoms with Crippen LogP contribution in [0.25, 0.3) is 0 Å². The lowest BCUT2D eigenvalue weighted by atomic mass is 9.33. The zero-order valence-electron chi connectivity index (χ0n) is 22.5. The number of para-hydroxylation sites is 1. The third-order valence-corrected chi connectivity index (χ3v) is 9.95. The van der Waals surface area contributed by atoms with Gasteiger partial charge < -0.3 is 9.80 Å². The quantitative estimate of drug-likeness (QED) is 0.293. The molecule has 4 atom stereocenters. The molecule has 4 heterocycles.